The molecule has 1 amide bonds. The third kappa shape index (κ3) is 5.70. The minimum Gasteiger partial charge on any atom is -0.316 e. The SMILES string of the molecule is Cc1cc(/C=N\NC(=O)CSCc2ccccc2Br)c(C)n1-c1cc(Cl)ccc1Cl. The molecule has 2 aromatic carbocycles. The monoisotopic (exact) mass is 523 g/mol. The lowest BCUT2D eigenvalue weighted by atomic mass is 10.2. The van der Waals surface area contributed by atoms with Crippen LogP contribution in [0.5, 0.6) is 0 Å². The van der Waals surface area contributed by atoms with E-state index >= 15 is 0 Å². The van der Waals surface area contributed by atoms with Gasteiger partial charge in [0.2, 0.25) is 5.91 Å². The summed E-state index contributed by atoms with van der Waals surface area (Å²) in [5.74, 6) is 0.936. The number of thioether (sulfide) groups is 1. The van der Waals surface area contributed by atoms with Gasteiger partial charge in [0.05, 0.1) is 22.7 Å². The van der Waals surface area contributed by atoms with Gasteiger partial charge in [0.1, 0.15) is 0 Å². The van der Waals surface area contributed by atoms with Gasteiger partial charge >= 0.3 is 0 Å². The van der Waals surface area contributed by atoms with Crippen LogP contribution in [-0.2, 0) is 10.5 Å². The Bertz CT molecular complexity index is 1100. The van der Waals surface area contributed by atoms with Crippen molar-refractivity contribution in [2.75, 3.05) is 5.75 Å². The molecule has 156 valence electrons. The molecule has 0 fully saturated rings. The molecule has 0 saturated heterocycles. The second kappa shape index (κ2) is 10.5. The molecule has 0 saturated carbocycles. The molecule has 1 N–H and O–H groups in total. The van der Waals surface area contributed by atoms with Crippen molar-refractivity contribution in [3.05, 3.63) is 85.6 Å². The molecule has 0 radical (unpaired) electrons. The Balaban J connectivity index is 1.61. The van der Waals surface area contributed by atoms with Gasteiger partial charge in [0.15, 0.2) is 0 Å². The van der Waals surface area contributed by atoms with E-state index in [1.165, 1.54) is 11.8 Å². The Morgan fingerprint density at radius 3 is 2.73 bits per heavy atom. The number of carbonyl (C=O) groups excluding carboxylic acids is 1. The Morgan fingerprint density at radius 2 is 1.97 bits per heavy atom. The molecule has 1 heterocycles. The van der Waals surface area contributed by atoms with Gasteiger partial charge in [0.25, 0.3) is 0 Å². The summed E-state index contributed by atoms with van der Waals surface area (Å²) in [7, 11) is 0. The summed E-state index contributed by atoms with van der Waals surface area (Å²) in [5, 5.41) is 5.34. The number of benzene rings is 2. The van der Waals surface area contributed by atoms with Gasteiger partial charge in [-0.2, -0.15) is 5.10 Å². The lowest BCUT2D eigenvalue weighted by Gasteiger charge is -2.12. The summed E-state index contributed by atoms with van der Waals surface area (Å²) >= 11 is 17.5. The maximum atomic E-state index is 12.1. The quantitative estimate of drug-likeness (QED) is 0.281. The summed E-state index contributed by atoms with van der Waals surface area (Å²) in [6, 6.07) is 15.3. The molecular weight excluding hydrogens is 505 g/mol. The third-order valence-electron chi connectivity index (χ3n) is 4.46. The lowest BCUT2D eigenvalue weighted by Crippen LogP contribution is -2.19. The molecule has 3 rings (SSSR count). The van der Waals surface area contributed by atoms with E-state index in [-0.39, 0.29) is 5.91 Å². The van der Waals surface area contributed by atoms with Crippen LogP contribution in [0.25, 0.3) is 5.69 Å². The normalized spacial score (nSPS) is 11.2. The first-order chi connectivity index (χ1) is 14.4. The van der Waals surface area contributed by atoms with Gasteiger partial charge in [0, 0.05) is 32.2 Å². The maximum absolute atomic E-state index is 12.1. The molecule has 0 aliphatic rings. The molecule has 4 nitrogen and oxygen atoms in total. The molecular formula is C22H20BrCl2N3OS. The van der Waals surface area contributed by atoms with E-state index < -0.39 is 0 Å². The van der Waals surface area contributed by atoms with E-state index in [0.717, 1.165) is 38.4 Å². The van der Waals surface area contributed by atoms with Crippen LogP contribution in [0, 0.1) is 13.8 Å². The average molecular weight is 525 g/mol. The summed E-state index contributed by atoms with van der Waals surface area (Å²) in [6.45, 7) is 3.96. The smallest absolute Gasteiger partial charge is 0.250 e. The van der Waals surface area contributed by atoms with E-state index in [4.69, 9.17) is 23.2 Å². The average Bonchev–Trinajstić information content (AvgIpc) is 2.98. The number of nitrogens with one attached hydrogen (secondary N) is 1. The Kier molecular flexibility index (Phi) is 8.06. The molecule has 0 unspecified atom stereocenters. The summed E-state index contributed by atoms with van der Waals surface area (Å²) in [6.07, 6.45) is 1.65. The summed E-state index contributed by atoms with van der Waals surface area (Å²) in [4.78, 5) is 12.1. The van der Waals surface area contributed by atoms with Crippen LogP contribution in [0.15, 0.2) is 58.1 Å². The van der Waals surface area contributed by atoms with Crippen LogP contribution >= 0.6 is 50.9 Å². The number of halogens is 3. The zero-order valence-electron chi connectivity index (χ0n) is 16.5. The van der Waals surface area contributed by atoms with Crippen LogP contribution < -0.4 is 5.43 Å². The first-order valence-corrected chi connectivity index (χ1v) is 11.8. The van der Waals surface area contributed by atoms with Crippen LogP contribution in [0.1, 0.15) is 22.5 Å². The Hall–Kier alpha value is -1.73. The number of rotatable bonds is 7. The van der Waals surface area contributed by atoms with Gasteiger partial charge in [-0.15, -0.1) is 11.8 Å². The van der Waals surface area contributed by atoms with Gasteiger partial charge in [-0.05, 0) is 49.7 Å². The first kappa shape index (κ1) is 22.9. The van der Waals surface area contributed by atoms with E-state index in [1.807, 2.05) is 54.8 Å². The molecule has 0 aliphatic heterocycles. The molecule has 0 aliphatic carbocycles. The fraction of sp³-hybridized carbons (Fsp3) is 0.182. The number of nitrogens with zero attached hydrogens (tertiary/aromatic N) is 2. The van der Waals surface area contributed by atoms with E-state index in [0.29, 0.717) is 15.8 Å². The van der Waals surface area contributed by atoms with Gasteiger partial charge in [-0.25, -0.2) is 5.43 Å². The van der Waals surface area contributed by atoms with Crippen LogP contribution in [0.3, 0.4) is 0 Å². The standard InChI is InChI=1S/C22H20BrCl2N3OS/c1-14-9-17(15(2)28(14)21-10-18(24)7-8-20(21)25)11-26-27-22(29)13-30-12-16-5-3-4-6-19(16)23/h3-11H,12-13H2,1-2H3,(H,27,29)/b26-11-. The second-order valence-electron chi connectivity index (χ2n) is 6.64. The molecule has 0 atom stereocenters. The highest BCUT2D eigenvalue weighted by atomic mass is 79.9. The van der Waals surface area contributed by atoms with Crippen molar-refractivity contribution in [1.29, 1.82) is 0 Å². The zero-order chi connectivity index (χ0) is 21.7. The minimum absolute atomic E-state index is 0.144. The molecule has 8 heteroatoms. The second-order valence-corrected chi connectivity index (χ2v) is 9.32. The van der Waals surface area contributed by atoms with Crippen molar-refractivity contribution in [3.8, 4) is 5.69 Å². The highest BCUT2D eigenvalue weighted by Gasteiger charge is 2.13. The minimum atomic E-state index is -0.144. The van der Waals surface area contributed by atoms with Crippen molar-refractivity contribution < 1.29 is 4.79 Å². The maximum Gasteiger partial charge on any atom is 0.250 e. The number of hydrogen-bond donors (Lipinski definition) is 1. The number of carbonyl (C=O) groups is 1. The number of aryl methyl sites for hydroxylation is 1. The Labute approximate surface area is 198 Å². The summed E-state index contributed by atoms with van der Waals surface area (Å²) in [5.41, 5.74) is 7.40. The number of amides is 1. The number of aromatic nitrogens is 1. The molecule has 3 aromatic rings. The van der Waals surface area contributed by atoms with Crippen molar-refractivity contribution in [2.45, 2.75) is 19.6 Å². The topological polar surface area (TPSA) is 46.4 Å². The molecule has 0 spiro atoms. The molecule has 30 heavy (non-hydrogen) atoms. The first-order valence-electron chi connectivity index (χ1n) is 9.14. The predicted molar refractivity (Wildman–Crippen MR) is 131 cm³/mol. The molecule has 0 bridgehead atoms. The predicted octanol–water partition coefficient (Wildman–Crippen LogP) is 6.55. The summed E-state index contributed by atoms with van der Waals surface area (Å²) < 4.78 is 3.07. The van der Waals surface area contributed by atoms with Crippen LogP contribution in [-0.4, -0.2) is 22.4 Å². The third-order valence-corrected chi connectivity index (χ3v) is 6.77. The fourth-order valence-corrected chi connectivity index (χ4v) is 4.82. The van der Waals surface area contributed by atoms with Gasteiger partial charge in [-0.3, -0.25) is 4.79 Å². The molecule has 1 aromatic heterocycles. The highest BCUT2D eigenvalue weighted by Crippen LogP contribution is 2.28. The zero-order valence-corrected chi connectivity index (χ0v) is 20.4. The fourth-order valence-electron chi connectivity index (χ4n) is 3.02. The van der Waals surface area contributed by atoms with Crippen molar-refractivity contribution in [3.63, 3.8) is 0 Å². The Morgan fingerprint density at radius 1 is 1.20 bits per heavy atom. The van der Waals surface area contributed by atoms with Gasteiger partial charge < -0.3 is 4.57 Å². The number of hydrogen-bond acceptors (Lipinski definition) is 3. The van der Waals surface area contributed by atoms with Crippen molar-refractivity contribution in [2.24, 2.45) is 5.10 Å². The van der Waals surface area contributed by atoms with Crippen molar-refractivity contribution >= 4 is 63.0 Å². The largest absolute Gasteiger partial charge is 0.316 e. The van der Waals surface area contributed by atoms with Crippen molar-refractivity contribution in [1.82, 2.24) is 9.99 Å². The highest BCUT2D eigenvalue weighted by molar-refractivity contribution is 9.10. The van der Waals surface area contributed by atoms with Gasteiger partial charge in [-0.1, -0.05) is 57.3 Å². The van der Waals surface area contributed by atoms with E-state index in [1.54, 1.807) is 18.3 Å². The lowest BCUT2D eigenvalue weighted by molar-refractivity contribution is -0.118. The van der Waals surface area contributed by atoms with E-state index in [2.05, 4.69) is 26.5 Å². The number of hydrazone groups is 1. The van der Waals surface area contributed by atoms with Crippen LogP contribution in [0.2, 0.25) is 10.0 Å². The van der Waals surface area contributed by atoms with E-state index in [9.17, 15) is 4.79 Å². The van der Waals surface area contributed by atoms with Crippen LogP contribution in [0.4, 0.5) is 0 Å².